The highest BCUT2D eigenvalue weighted by Crippen LogP contribution is 2.38. The minimum Gasteiger partial charge on any atom is -0.454 e. The maximum Gasteiger partial charge on any atom is 0.231 e. The van der Waals surface area contributed by atoms with Crippen molar-refractivity contribution in [3.8, 4) is 11.5 Å². The Kier molecular flexibility index (Phi) is 3.49. The van der Waals surface area contributed by atoms with Crippen LogP contribution in [-0.4, -0.2) is 12.5 Å². The van der Waals surface area contributed by atoms with Crippen molar-refractivity contribution < 1.29 is 9.47 Å². The van der Waals surface area contributed by atoms with Gasteiger partial charge in [-0.05, 0) is 29.9 Å². The Labute approximate surface area is 128 Å². The summed E-state index contributed by atoms with van der Waals surface area (Å²) < 4.78 is 11.0. The van der Waals surface area contributed by atoms with Crippen LogP contribution in [0, 0.1) is 0 Å². The van der Waals surface area contributed by atoms with Gasteiger partial charge in [-0.25, -0.2) is 0 Å². The van der Waals surface area contributed by atoms with Crippen LogP contribution in [0.15, 0.2) is 47.4 Å². The summed E-state index contributed by atoms with van der Waals surface area (Å²) in [5.41, 5.74) is 2.58. The lowest BCUT2D eigenvalue weighted by atomic mass is 10.0. The van der Waals surface area contributed by atoms with Gasteiger partial charge in [-0.1, -0.05) is 30.3 Å². The van der Waals surface area contributed by atoms with Crippen molar-refractivity contribution in [3.63, 3.8) is 0 Å². The van der Waals surface area contributed by atoms with Gasteiger partial charge in [-0.3, -0.25) is 0 Å². The van der Waals surface area contributed by atoms with Gasteiger partial charge in [0.25, 0.3) is 0 Å². The maximum absolute atomic E-state index is 5.57. The zero-order chi connectivity index (χ0) is 14.1. The maximum atomic E-state index is 5.57. The van der Waals surface area contributed by atoms with E-state index < -0.39 is 0 Å². The highest BCUT2D eigenvalue weighted by Gasteiger charge is 2.21. The van der Waals surface area contributed by atoms with E-state index in [2.05, 4.69) is 35.6 Å². The molecule has 3 nitrogen and oxygen atoms in total. The number of rotatable bonds is 3. The first-order valence-electron chi connectivity index (χ1n) is 7.24. The summed E-state index contributed by atoms with van der Waals surface area (Å²) in [4.78, 5) is 1.40. The van der Waals surface area contributed by atoms with E-state index in [1.165, 1.54) is 21.8 Å². The summed E-state index contributed by atoms with van der Waals surface area (Å²) >= 11 is 1.95. The first kappa shape index (κ1) is 13.0. The molecule has 0 amide bonds. The Hall–Kier alpha value is -1.65. The monoisotopic (exact) mass is 299 g/mol. The second kappa shape index (κ2) is 5.62. The number of para-hydroxylation sites is 1. The third kappa shape index (κ3) is 2.49. The lowest BCUT2D eigenvalue weighted by molar-refractivity contribution is 0.173. The molecular weight excluding hydrogens is 282 g/mol. The Morgan fingerprint density at radius 1 is 1.10 bits per heavy atom. The molecule has 4 rings (SSSR count). The summed E-state index contributed by atoms with van der Waals surface area (Å²) in [7, 11) is 0. The first-order valence-corrected chi connectivity index (χ1v) is 8.23. The second-order valence-corrected chi connectivity index (χ2v) is 6.40. The van der Waals surface area contributed by atoms with Crippen LogP contribution >= 0.6 is 11.8 Å². The molecule has 0 aliphatic carbocycles. The molecule has 0 spiro atoms. The van der Waals surface area contributed by atoms with Gasteiger partial charge in [0.2, 0.25) is 6.79 Å². The molecule has 4 heteroatoms. The van der Waals surface area contributed by atoms with E-state index in [1.54, 1.807) is 0 Å². The van der Waals surface area contributed by atoms with E-state index in [-0.39, 0.29) is 0 Å². The average molecular weight is 299 g/mol. The Morgan fingerprint density at radius 2 is 2.05 bits per heavy atom. The summed E-state index contributed by atoms with van der Waals surface area (Å²) in [6.07, 6.45) is 1.16. The van der Waals surface area contributed by atoms with Crippen LogP contribution in [0.1, 0.15) is 23.6 Å². The quantitative estimate of drug-likeness (QED) is 0.935. The van der Waals surface area contributed by atoms with Crippen LogP contribution < -0.4 is 14.8 Å². The normalized spacial score (nSPS) is 19.3. The molecule has 2 aromatic rings. The van der Waals surface area contributed by atoms with E-state index in [9.17, 15) is 0 Å². The molecule has 2 aliphatic rings. The summed E-state index contributed by atoms with van der Waals surface area (Å²) in [6.45, 7) is 1.13. The third-order valence-electron chi connectivity index (χ3n) is 3.98. The molecule has 1 atom stereocenters. The third-order valence-corrected chi connectivity index (χ3v) is 5.10. The molecule has 0 saturated carbocycles. The van der Waals surface area contributed by atoms with Gasteiger partial charge in [0.1, 0.15) is 0 Å². The van der Waals surface area contributed by atoms with E-state index in [0.29, 0.717) is 12.8 Å². The predicted octanol–water partition coefficient (Wildman–Crippen LogP) is 3.74. The Morgan fingerprint density at radius 3 is 3.05 bits per heavy atom. The van der Waals surface area contributed by atoms with E-state index in [0.717, 1.165) is 24.5 Å². The van der Waals surface area contributed by atoms with Gasteiger partial charge in [-0.15, -0.1) is 11.8 Å². The van der Waals surface area contributed by atoms with Crippen molar-refractivity contribution in [3.05, 3.63) is 53.6 Å². The van der Waals surface area contributed by atoms with Crippen LogP contribution in [0.5, 0.6) is 11.5 Å². The van der Waals surface area contributed by atoms with Crippen molar-refractivity contribution in [1.82, 2.24) is 5.32 Å². The smallest absolute Gasteiger partial charge is 0.231 e. The van der Waals surface area contributed by atoms with Crippen LogP contribution in [0.4, 0.5) is 0 Å². The predicted molar refractivity (Wildman–Crippen MR) is 83.9 cm³/mol. The highest BCUT2D eigenvalue weighted by atomic mass is 32.2. The fourth-order valence-corrected chi connectivity index (χ4v) is 4.04. The topological polar surface area (TPSA) is 30.5 Å². The first-order chi connectivity index (χ1) is 10.4. The van der Waals surface area contributed by atoms with E-state index >= 15 is 0 Å². The summed E-state index contributed by atoms with van der Waals surface area (Å²) in [5, 5.41) is 3.67. The molecule has 0 bridgehead atoms. The SMILES string of the molecule is c1cc(CN[C@@H]2CCSc3ccccc32)c2c(c1)OCO2. The van der Waals surface area contributed by atoms with E-state index in [1.807, 2.05) is 23.9 Å². The standard InChI is InChI=1S/C17H17NO2S/c1-2-7-16-13(5-1)14(8-9-21-16)18-10-12-4-3-6-15-17(12)20-11-19-15/h1-7,14,18H,8-11H2/t14-/m1/s1. The van der Waals surface area contributed by atoms with Gasteiger partial charge < -0.3 is 14.8 Å². The zero-order valence-corrected chi connectivity index (χ0v) is 12.5. The number of benzene rings is 2. The molecule has 2 heterocycles. The Balaban J connectivity index is 1.52. The largest absolute Gasteiger partial charge is 0.454 e. The molecule has 21 heavy (non-hydrogen) atoms. The fraction of sp³-hybridized carbons (Fsp3) is 0.294. The van der Waals surface area contributed by atoms with Gasteiger partial charge in [0.15, 0.2) is 11.5 Å². The number of hydrogen-bond acceptors (Lipinski definition) is 4. The minimum absolute atomic E-state index is 0.329. The fourth-order valence-electron chi connectivity index (χ4n) is 2.92. The highest BCUT2D eigenvalue weighted by molar-refractivity contribution is 7.99. The van der Waals surface area contributed by atoms with E-state index in [4.69, 9.17) is 9.47 Å². The van der Waals surface area contributed by atoms with Crippen molar-refractivity contribution >= 4 is 11.8 Å². The van der Waals surface area contributed by atoms with Crippen molar-refractivity contribution in [2.24, 2.45) is 0 Å². The summed E-state index contributed by atoms with van der Waals surface area (Å²) in [5.74, 6) is 2.92. The van der Waals surface area contributed by atoms with Gasteiger partial charge in [-0.2, -0.15) is 0 Å². The van der Waals surface area contributed by atoms with Crippen molar-refractivity contribution in [2.45, 2.75) is 23.9 Å². The molecular formula is C17H17NO2S. The Bertz CT molecular complexity index is 659. The van der Waals surface area contributed by atoms with Crippen LogP contribution in [-0.2, 0) is 6.54 Å². The molecule has 1 N–H and O–H groups in total. The average Bonchev–Trinajstić information content (AvgIpc) is 3.02. The lowest BCUT2D eigenvalue weighted by Crippen LogP contribution is -2.24. The molecule has 0 fully saturated rings. The van der Waals surface area contributed by atoms with Crippen LogP contribution in [0.3, 0.4) is 0 Å². The lowest BCUT2D eigenvalue weighted by Gasteiger charge is -2.26. The molecule has 0 unspecified atom stereocenters. The molecule has 0 saturated heterocycles. The number of thioether (sulfide) groups is 1. The summed E-state index contributed by atoms with van der Waals surface area (Å²) in [6, 6.07) is 15.2. The number of hydrogen-bond donors (Lipinski definition) is 1. The molecule has 2 aromatic carbocycles. The molecule has 108 valence electrons. The second-order valence-electron chi connectivity index (χ2n) is 5.26. The number of ether oxygens (including phenoxy) is 2. The van der Waals surface area contributed by atoms with Crippen molar-refractivity contribution in [2.75, 3.05) is 12.5 Å². The number of nitrogens with one attached hydrogen (secondary N) is 1. The van der Waals surface area contributed by atoms with Gasteiger partial charge >= 0.3 is 0 Å². The minimum atomic E-state index is 0.329. The van der Waals surface area contributed by atoms with Gasteiger partial charge in [0, 0.05) is 23.0 Å². The van der Waals surface area contributed by atoms with Gasteiger partial charge in [0.05, 0.1) is 0 Å². The van der Waals surface area contributed by atoms with Crippen LogP contribution in [0.2, 0.25) is 0 Å². The number of fused-ring (bicyclic) bond motifs is 2. The van der Waals surface area contributed by atoms with Crippen LogP contribution in [0.25, 0.3) is 0 Å². The molecule has 0 aromatic heterocycles. The molecule has 0 radical (unpaired) electrons. The zero-order valence-electron chi connectivity index (χ0n) is 11.7. The van der Waals surface area contributed by atoms with Crippen molar-refractivity contribution in [1.29, 1.82) is 0 Å². The molecule has 2 aliphatic heterocycles.